The molecule has 2 saturated heterocycles. The molecule has 3 aliphatic rings. The van der Waals surface area contributed by atoms with Gasteiger partial charge in [-0.05, 0) is 55.5 Å². The lowest BCUT2D eigenvalue weighted by Gasteiger charge is -2.32. The molecule has 0 spiro atoms. The van der Waals surface area contributed by atoms with Crippen LogP contribution < -0.4 is 21.2 Å². The number of carbonyl (C=O) groups is 2. The number of carbonyl (C=O) groups excluding carboxylic acids is 2. The average molecular weight is 438 g/mol. The maximum absolute atomic E-state index is 13.2. The molecule has 2 fully saturated rings. The zero-order chi connectivity index (χ0) is 22.2. The van der Waals surface area contributed by atoms with Gasteiger partial charge in [-0.1, -0.05) is 6.08 Å². The number of amides is 2. The van der Waals surface area contributed by atoms with E-state index in [0.29, 0.717) is 36.8 Å². The number of hydrogen-bond donors (Lipinski definition) is 3. The lowest BCUT2D eigenvalue weighted by Crippen LogP contribution is -2.41. The largest absolute Gasteiger partial charge is 0.405 e. The number of halogens is 1. The van der Waals surface area contributed by atoms with Gasteiger partial charge in [0.15, 0.2) is 5.82 Å². The van der Waals surface area contributed by atoms with E-state index in [-0.39, 0.29) is 29.5 Å². The Bertz CT molecular complexity index is 1090. The van der Waals surface area contributed by atoms with Crippen molar-refractivity contribution in [2.75, 3.05) is 11.9 Å². The van der Waals surface area contributed by atoms with Gasteiger partial charge in [0.1, 0.15) is 29.1 Å². The van der Waals surface area contributed by atoms with E-state index in [4.69, 9.17) is 10.6 Å². The first-order valence-corrected chi connectivity index (χ1v) is 10.6. The Labute approximate surface area is 183 Å². The summed E-state index contributed by atoms with van der Waals surface area (Å²) >= 11 is 0. The number of primary amides is 1. The number of nitrogens with two attached hydrogens (primary N) is 1. The van der Waals surface area contributed by atoms with Crippen LogP contribution in [0.4, 0.5) is 10.2 Å². The molecular weight excluding hydrogens is 415 g/mol. The summed E-state index contributed by atoms with van der Waals surface area (Å²) in [5.74, 6) is 0.313. The van der Waals surface area contributed by atoms with Gasteiger partial charge in [0.2, 0.25) is 5.91 Å². The summed E-state index contributed by atoms with van der Waals surface area (Å²) in [5, 5.41) is 7.78. The highest BCUT2D eigenvalue weighted by Crippen LogP contribution is 2.38. The molecule has 10 heteroatoms. The van der Waals surface area contributed by atoms with Crippen molar-refractivity contribution in [2.24, 2.45) is 5.73 Å². The van der Waals surface area contributed by atoms with Crippen molar-refractivity contribution in [1.82, 2.24) is 20.3 Å². The Morgan fingerprint density at radius 1 is 1.22 bits per heavy atom. The van der Waals surface area contributed by atoms with Crippen molar-refractivity contribution in [3.63, 3.8) is 0 Å². The number of fused-ring (bicyclic) bond motifs is 2. The van der Waals surface area contributed by atoms with E-state index in [9.17, 15) is 14.0 Å². The first kappa shape index (κ1) is 20.4. The Hall–Kier alpha value is -3.53. The quantitative estimate of drug-likeness (QED) is 0.626. The summed E-state index contributed by atoms with van der Waals surface area (Å²) < 4.78 is 13.2. The number of aromatic nitrogens is 2. The van der Waals surface area contributed by atoms with Gasteiger partial charge in [0, 0.05) is 12.6 Å². The minimum Gasteiger partial charge on any atom is -0.405 e. The maximum atomic E-state index is 13.2. The summed E-state index contributed by atoms with van der Waals surface area (Å²) in [6.45, 7) is 0.593. The van der Waals surface area contributed by atoms with Gasteiger partial charge in [-0.15, -0.1) is 5.06 Å². The number of hydroxylamine groups is 2. The minimum absolute atomic E-state index is 0.00616. The number of anilines is 1. The third-order valence-electron chi connectivity index (χ3n) is 5.99. The number of benzene rings is 1. The molecule has 166 valence electrons. The summed E-state index contributed by atoms with van der Waals surface area (Å²) in [4.78, 5) is 38.7. The topological polar surface area (TPSA) is 122 Å². The van der Waals surface area contributed by atoms with Gasteiger partial charge in [-0.2, -0.15) is 0 Å². The van der Waals surface area contributed by atoms with E-state index in [1.54, 1.807) is 12.1 Å². The molecule has 0 unspecified atom stereocenters. The highest BCUT2D eigenvalue weighted by molar-refractivity contribution is 5.92. The molecule has 3 aliphatic heterocycles. The molecule has 4 N–H and O–H groups in total. The highest BCUT2D eigenvalue weighted by atomic mass is 19.1. The number of nitrogens with zero attached hydrogens (tertiary/aromatic N) is 3. The van der Waals surface area contributed by atoms with Crippen molar-refractivity contribution in [2.45, 2.75) is 43.8 Å². The van der Waals surface area contributed by atoms with E-state index in [2.05, 4.69) is 20.6 Å². The van der Waals surface area contributed by atoms with E-state index in [0.717, 1.165) is 18.4 Å². The van der Waals surface area contributed by atoms with Crippen molar-refractivity contribution in [3.8, 4) is 5.75 Å². The van der Waals surface area contributed by atoms with Crippen LogP contribution in [0, 0.1) is 5.82 Å². The van der Waals surface area contributed by atoms with E-state index in [1.807, 2.05) is 11.1 Å². The Kier molecular flexibility index (Phi) is 5.22. The molecular formula is C22H23FN6O3. The van der Waals surface area contributed by atoms with Gasteiger partial charge >= 0.3 is 0 Å². The van der Waals surface area contributed by atoms with Gasteiger partial charge in [0.05, 0.1) is 12.1 Å². The van der Waals surface area contributed by atoms with Gasteiger partial charge < -0.3 is 21.2 Å². The molecule has 0 saturated carbocycles. The fourth-order valence-corrected chi connectivity index (χ4v) is 4.42. The van der Waals surface area contributed by atoms with Crippen LogP contribution in [-0.2, 0) is 4.79 Å². The zero-order valence-electron chi connectivity index (χ0n) is 17.3. The smallest absolute Gasteiger partial charge is 0.267 e. The second-order valence-electron chi connectivity index (χ2n) is 8.20. The van der Waals surface area contributed by atoms with Crippen molar-refractivity contribution >= 4 is 23.2 Å². The van der Waals surface area contributed by atoms with Crippen LogP contribution in [0.2, 0.25) is 0 Å². The molecule has 2 amide bonds. The molecule has 2 bridgehead atoms. The molecule has 4 heterocycles. The van der Waals surface area contributed by atoms with Crippen LogP contribution in [0.1, 0.15) is 42.0 Å². The van der Waals surface area contributed by atoms with E-state index >= 15 is 0 Å². The standard InChI is InChI=1S/C22H23FN6O3/c23-13-1-5-16(6-2-13)32-29-14-3-4-15(29)10-12(9-14)21-27-18(20(24)30)11-19(28-21)26-17-7-8-25-22(17)31/h1-2,5-6,9,11,14-15,17H,3-4,7-8,10H2,(H2,24,30)(H,25,31)(H,26,27,28)/t14-,15+,17+/m1/s1. The maximum Gasteiger partial charge on any atom is 0.267 e. The minimum atomic E-state index is -0.659. The molecule has 5 rings (SSSR count). The molecule has 9 nitrogen and oxygen atoms in total. The predicted molar refractivity (Wildman–Crippen MR) is 114 cm³/mol. The molecule has 2 aromatic rings. The molecule has 32 heavy (non-hydrogen) atoms. The average Bonchev–Trinajstić information content (AvgIpc) is 3.27. The predicted octanol–water partition coefficient (Wildman–Crippen LogP) is 1.63. The van der Waals surface area contributed by atoms with Crippen LogP contribution in [-0.4, -0.2) is 51.5 Å². The second-order valence-corrected chi connectivity index (χ2v) is 8.20. The lowest BCUT2D eigenvalue weighted by molar-refractivity contribution is -0.119. The van der Waals surface area contributed by atoms with Gasteiger partial charge in [-0.3, -0.25) is 9.59 Å². The van der Waals surface area contributed by atoms with Gasteiger partial charge in [0.25, 0.3) is 5.91 Å². The second kappa shape index (κ2) is 8.19. The Balaban J connectivity index is 1.40. The highest BCUT2D eigenvalue weighted by Gasteiger charge is 2.39. The number of nitrogens with one attached hydrogen (secondary N) is 2. The molecule has 1 aromatic heterocycles. The van der Waals surface area contributed by atoms with Crippen molar-refractivity contribution in [1.29, 1.82) is 0 Å². The number of hydrogen-bond acceptors (Lipinski definition) is 7. The summed E-state index contributed by atoms with van der Waals surface area (Å²) in [6, 6.07) is 7.11. The van der Waals surface area contributed by atoms with Crippen LogP contribution in [0.25, 0.3) is 5.57 Å². The molecule has 0 aliphatic carbocycles. The van der Waals surface area contributed by atoms with Crippen LogP contribution >= 0.6 is 0 Å². The zero-order valence-corrected chi connectivity index (χ0v) is 17.3. The fourth-order valence-electron chi connectivity index (χ4n) is 4.42. The van der Waals surface area contributed by atoms with Crippen molar-refractivity contribution in [3.05, 3.63) is 53.7 Å². The van der Waals surface area contributed by atoms with E-state index < -0.39 is 11.9 Å². The summed E-state index contributed by atoms with van der Waals surface area (Å²) in [6.07, 6.45) is 5.13. The third kappa shape index (κ3) is 4.01. The molecule has 3 atom stereocenters. The first-order valence-electron chi connectivity index (χ1n) is 10.6. The molecule has 0 radical (unpaired) electrons. The van der Waals surface area contributed by atoms with Crippen LogP contribution in [0.5, 0.6) is 5.75 Å². The fraction of sp³-hybridized carbons (Fsp3) is 0.364. The Morgan fingerprint density at radius 2 is 2.03 bits per heavy atom. The van der Waals surface area contributed by atoms with Crippen LogP contribution in [0.3, 0.4) is 0 Å². The molecule has 1 aromatic carbocycles. The third-order valence-corrected chi connectivity index (χ3v) is 5.99. The van der Waals surface area contributed by atoms with Crippen LogP contribution in [0.15, 0.2) is 36.4 Å². The van der Waals surface area contributed by atoms with Gasteiger partial charge in [-0.25, -0.2) is 14.4 Å². The number of rotatable bonds is 6. The van der Waals surface area contributed by atoms with E-state index in [1.165, 1.54) is 18.2 Å². The lowest BCUT2D eigenvalue weighted by atomic mass is 10.0. The summed E-state index contributed by atoms with van der Waals surface area (Å²) in [5.41, 5.74) is 6.48. The monoisotopic (exact) mass is 438 g/mol. The normalized spacial score (nSPS) is 24.7. The van der Waals surface area contributed by atoms with Crippen molar-refractivity contribution < 1.29 is 18.8 Å². The Morgan fingerprint density at radius 3 is 2.72 bits per heavy atom. The SMILES string of the molecule is NC(=O)c1cc(N[C@H]2CCNC2=O)nc(C2=C[C@H]3CC[C@@H](C2)N3Oc2ccc(F)cc2)n1. The summed E-state index contributed by atoms with van der Waals surface area (Å²) in [7, 11) is 0. The first-order chi connectivity index (χ1) is 15.5.